The molecule has 6 nitrogen and oxygen atoms in total. The van der Waals surface area contributed by atoms with Crippen LogP contribution in [0.25, 0.3) is 11.1 Å². The fourth-order valence-corrected chi connectivity index (χ4v) is 2.43. The number of phenolic OH excluding ortho intramolecular Hbond substituents is 5. The lowest BCUT2D eigenvalue weighted by Gasteiger charge is -2.16. The molecule has 0 spiro atoms. The summed E-state index contributed by atoms with van der Waals surface area (Å²) in [5.74, 6) is -1.94. The van der Waals surface area contributed by atoms with E-state index in [9.17, 15) is 25.5 Å². The molecule has 106 valence electrons. The lowest BCUT2D eigenvalue weighted by Crippen LogP contribution is -1.90. The third-order valence-electron chi connectivity index (χ3n) is 2.94. The van der Waals surface area contributed by atoms with Crippen LogP contribution in [0.15, 0.2) is 18.2 Å². The van der Waals surface area contributed by atoms with Crippen LogP contribution in [0, 0.1) is 6.92 Å². The average molecular weight is 390 g/mol. The molecule has 0 radical (unpaired) electrons. The Morgan fingerprint density at radius 3 is 2.05 bits per heavy atom. The van der Waals surface area contributed by atoms with Crippen LogP contribution in [-0.4, -0.2) is 25.5 Å². The van der Waals surface area contributed by atoms with Crippen LogP contribution in [-0.2, 0) is 0 Å². The first-order chi connectivity index (χ1) is 9.38. The number of aromatic hydroxyl groups is 5. The fraction of sp³-hybridized carbons (Fsp3) is 0.0769. The normalized spacial score (nSPS) is 10.5. The Hall–Kier alpha value is -2.03. The Bertz CT molecular complexity index is 683. The van der Waals surface area contributed by atoms with E-state index in [-0.39, 0.29) is 28.4 Å². The SMILES string of the molecule is Cc1c(O)cc(O)c(-c2c(O)ccc(O)c2O)c1OI. The summed E-state index contributed by atoms with van der Waals surface area (Å²) in [6.07, 6.45) is 0. The van der Waals surface area contributed by atoms with Gasteiger partial charge in [0.15, 0.2) is 40.3 Å². The molecular formula is C13H11IO6. The van der Waals surface area contributed by atoms with E-state index in [4.69, 9.17) is 3.07 Å². The second-order valence-corrected chi connectivity index (χ2v) is 4.59. The first-order valence-electron chi connectivity index (χ1n) is 5.46. The van der Waals surface area contributed by atoms with Crippen LogP contribution in [0.5, 0.6) is 34.5 Å². The zero-order chi connectivity index (χ0) is 15.0. The first-order valence-corrected chi connectivity index (χ1v) is 6.35. The average Bonchev–Trinajstić information content (AvgIpc) is 2.40. The summed E-state index contributed by atoms with van der Waals surface area (Å²) in [6, 6.07) is 3.35. The van der Waals surface area contributed by atoms with Gasteiger partial charge in [-0.3, -0.25) is 0 Å². The van der Waals surface area contributed by atoms with Crippen molar-refractivity contribution in [1.29, 1.82) is 0 Å². The quantitative estimate of drug-likeness (QED) is 0.307. The van der Waals surface area contributed by atoms with Gasteiger partial charge in [-0.05, 0) is 19.1 Å². The van der Waals surface area contributed by atoms with Gasteiger partial charge in [-0.25, -0.2) is 0 Å². The molecule has 0 bridgehead atoms. The molecule has 0 heterocycles. The van der Waals surface area contributed by atoms with Gasteiger partial charge in [0.2, 0.25) is 0 Å². The van der Waals surface area contributed by atoms with E-state index >= 15 is 0 Å². The third kappa shape index (κ3) is 2.13. The number of rotatable bonds is 2. The fourth-order valence-electron chi connectivity index (χ4n) is 1.88. The Morgan fingerprint density at radius 1 is 0.850 bits per heavy atom. The van der Waals surface area contributed by atoms with Crippen LogP contribution in [0.1, 0.15) is 5.56 Å². The van der Waals surface area contributed by atoms with Crippen LogP contribution < -0.4 is 3.07 Å². The van der Waals surface area contributed by atoms with E-state index < -0.39 is 17.2 Å². The van der Waals surface area contributed by atoms with E-state index in [0.717, 1.165) is 12.1 Å². The summed E-state index contributed by atoms with van der Waals surface area (Å²) in [6.45, 7) is 1.54. The molecule has 2 aromatic carbocycles. The van der Waals surface area contributed by atoms with E-state index in [1.165, 1.54) is 6.07 Å². The molecule has 2 rings (SSSR count). The minimum atomic E-state index is -0.597. The van der Waals surface area contributed by atoms with Crippen LogP contribution in [0.2, 0.25) is 0 Å². The highest BCUT2D eigenvalue weighted by molar-refractivity contribution is 14.1. The maximum atomic E-state index is 9.97. The molecule has 5 N–H and O–H groups in total. The van der Waals surface area contributed by atoms with Gasteiger partial charge in [-0.15, -0.1) is 0 Å². The van der Waals surface area contributed by atoms with Gasteiger partial charge >= 0.3 is 0 Å². The number of hydrogen-bond acceptors (Lipinski definition) is 6. The molecule has 2 aromatic rings. The molecule has 0 fully saturated rings. The highest BCUT2D eigenvalue weighted by Gasteiger charge is 2.24. The summed E-state index contributed by atoms with van der Waals surface area (Å²) in [5.41, 5.74) is 0.104. The van der Waals surface area contributed by atoms with Gasteiger partial charge in [0.1, 0.15) is 17.2 Å². The summed E-state index contributed by atoms with van der Waals surface area (Å²) in [5, 5.41) is 48.9. The van der Waals surface area contributed by atoms with Crippen molar-refractivity contribution >= 4 is 23.0 Å². The number of phenols is 5. The monoisotopic (exact) mass is 390 g/mol. The van der Waals surface area contributed by atoms with Crippen molar-refractivity contribution in [2.75, 3.05) is 0 Å². The molecule has 0 atom stereocenters. The standard InChI is InChI=1S/C13H11IO6/c1-5-8(17)4-9(18)11(13(5)20-14)10-6(15)2-3-7(16)12(10)19/h2-4,15-19H,1H3. The first kappa shape index (κ1) is 14.4. The van der Waals surface area contributed by atoms with Crippen LogP contribution >= 0.6 is 23.0 Å². The highest BCUT2D eigenvalue weighted by atomic mass is 127. The van der Waals surface area contributed by atoms with Gasteiger partial charge in [0, 0.05) is 11.6 Å². The molecule has 0 aliphatic rings. The van der Waals surface area contributed by atoms with Crippen molar-refractivity contribution in [2.45, 2.75) is 6.92 Å². The topological polar surface area (TPSA) is 110 Å². The Labute approximate surface area is 128 Å². The van der Waals surface area contributed by atoms with Crippen LogP contribution in [0.4, 0.5) is 0 Å². The van der Waals surface area contributed by atoms with Crippen molar-refractivity contribution in [2.24, 2.45) is 0 Å². The molecule has 0 amide bonds. The Kier molecular flexibility index (Phi) is 3.71. The van der Waals surface area contributed by atoms with Crippen molar-refractivity contribution in [3.8, 4) is 45.6 Å². The molecule has 7 heteroatoms. The minimum Gasteiger partial charge on any atom is -0.507 e. The van der Waals surface area contributed by atoms with E-state index in [1.807, 2.05) is 0 Å². The van der Waals surface area contributed by atoms with Gasteiger partial charge in [0.05, 0.1) is 11.1 Å². The lowest BCUT2D eigenvalue weighted by molar-refractivity contribution is 0.397. The lowest BCUT2D eigenvalue weighted by atomic mass is 9.98. The second kappa shape index (κ2) is 5.16. The largest absolute Gasteiger partial charge is 0.507 e. The van der Waals surface area contributed by atoms with E-state index in [1.54, 1.807) is 29.9 Å². The predicted octanol–water partition coefficient (Wildman–Crippen LogP) is 2.92. The Balaban J connectivity index is 2.90. The highest BCUT2D eigenvalue weighted by Crippen LogP contribution is 2.52. The maximum Gasteiger partial charge on any atom is 0.192 e. The molecular weight excluding hydrogens is 379 g/mol. The van der Waals surface area contributed by atoms with Crippen molar-refractivity contribution in [3.05, 3.63) is 23.8 Å². The number of benzene rings is 2. The molecule has 0 saturated heterocycles. The smallest absolute Gasteiger partial charge is 0.192 e. The summed E-state index contributed by atoms with van der Waals surface area (Å²) >= 11 is 1.55. The molecule has 0 unspecified atom stereocenters. The minimum absolute atomic E-state index is 0.0272. The molecule has 0 aliphatic heterocycles. The van der Waals surface area contributed by atoms with Gasteiger partial charge in [-0.1, -0.05) is 0 Å². The van der Waals surface area contributed by atoms with Gasteiger partial charge in [-0.2, -0.15) is 0 Å². The summed E-state index contributed by atoms with van der Waals surface area (Å²) in [7, 11) is 0. The third-order valence-corrected chi connectivity index (χ3v) is 3.38. The van der Waals surface area contributed by atoms with Crippen LogP contribution in [0.3, 0.4) is 0 Å². The second-order valence-electron chi connectivity index (χ2n) is 4.15. The van der Waals surface area contributed by atoms with Crippen molar-refractivity contribution in [3.63, 3.8) is 0 Å². The van der Waals surface area contributed by atoms with Gasteiger partial charge < -0.3 is 28.6 Å². The van der Waals surface area contributed by atoms with Crippen molar-refractivity contribution in [1.82, 2.24) is 0 Å². The number of halogens is 1. The summed E-state index contributed by atoms with van der Waals surface area (Å²) in [4.78, 5) is 0. The predicted molar refractivity (Wildman–Crippen MR) is 79.6 cm³/mol. The van der Waals surface area contributed by atoms with Crippen molar-refractivity contribution < 1.29 is 28.6 Å². The zero-order valence-electron chi connectivity index (χ0n) is 10.3. The maximum absolute atomic E-state index is 9.97. The molecule has 0 saturated carbocycles. The van der Waals surface area contributed by atoms with E-state index in [2.05, 4.69) is 0 Å². The molecule has 20 heavy (non-hydrogen) atoms. The zero-order valence-corrected chi connectivity index (χ0v) is 12.4. The van der Waals surface area contributed by atoms with Gasteiger partial charge in [0.25, 0.3) is 0 Å². The molecule has 0 aliphatic carbocycles. The van der Waals surface area contributed by atoms with E-state index in [0.29, 0.717) is 5.56 Å². The molecule has 0 aromatic heterocycles. The number of hydrogen-bond donors (Lipinski definition) is 5. The Morgan fingerprint density at radius 2 is 1.45 bits per heavy atom. The summed E-state index contributed by atoms with van der Waals surface area (Å²) < 4.78 is 5.09.